The van der Waals surface area contributed by atoms with E-state index in [-0.39, 0.29) is 29.5 Å². The molecule has 0 saturated carbocycles. The number of carbonyl (C=O) groups excluding carboxylic acids is 2. The van der Waals surface area contributed by atoms with E-state index < -0.39 is 28.5 Å². The number of carbonyl (C=O) groups is 2. The fraction of sp³-hybridized carbons (Fsp3) is 0.257. The van der Waals surface area contributed by atoms with E-state index in [1.54, 1.807) is 30.3 Å². The molecule has 1 N–H and O–H groups in total. The summed E-state index contributed by atoms with van der Waals surface area (Å²) < 4.78 is 40.2. The summed E-state index contributed by atoms with van der Waals surface area (Å²) in [5.74, 6) is -0.159. The van der Waals surface area contributed by atoms with Gasteiger partial charge in [-0.2, -0.15) is 0 Å². The highest BCUT2D eigenvalue weighted by atomic mass is 32.2. The molecule has 0 fully saturated rings. The zero-order valence-electron chi connectivity index (χ0n) is 26.0. The summed E-state index contributed by atoms with van der Waals surface area (Å²) in [6, 6.07) is 28.7. The largest absolute Gasteiger partial charge is 0.493 e. The first-order valence-corrected chi connectivity index (χ1v) is 16.1. The van der Waals surface area contributed by atoms with Gasteiger partial charge in [0.2, 0.25) is 11.8 Å². The molecular weight excluding hydrogens is 590 g/mol. The van der Waals surface area contributed by atoms with Gasteiger partial charge in [0.1, 0.15) is 12.6 Å². The van der Waals surface area contributed by atoms with E-state index in [2.05, 4.69) is 5.32 Å². The quantitative estimate of drug-likeness (QED) is 0.211. The van der Waals surface area contributed by atoms with Gasteiger partial charge in [0, 0.05) is 25.6 Å². The van der Waals surface area contributed by atoms with Crippen molar-refractivity contribution in [2.45, 2.75) is 37.8 Å². The molecule has 0 aliphatic rings. The van der Waals surface area contributed by atoms with Crippen molar-refractivity contribution in [2.24, 2.45) is 0 Å². The smallest absolute Gasteiger partial charge is 0.264 e. The topological polar surface area (TPSA) is 105 Å². The van der Waals surface area contributed by atoms with Crippen LogP contribution in [0, 0.1) is 6.92 Å². The Bertz CT molecular complexity index is 1700. The fourth-order valence-corrected chi connectivity index (χ4v) is 6.47. The Morgan fingerprint density at radius 1 is 0.822 bits per heavy atom. The Morgan fingerprint density at radius 2 is 1.44 bits per heavy atom. The van der Waals surface area contributed by atoms with Crippen molar-refractivity contribution in [1.29, 1.82) is 0 Å². The lowest BCUT2D eigenvalue weighted by Crippen LogP contribution is -2.53. The highest BCUT2D eigenvalue weighted by Gasteiger charge is 2.35. The summed E-state index contributed by atoms with van der Waals surface area (Å²) in [7, 11) is -1.30. The first-order chi connectivity index (χ1) is 21.7. The first kappa shape index (κ1) is 33.1. The number of nitrogens with one attached hydrogen (secondary N) is 1. The Kier molecular flexibility index (Phi) is 11.2. The van der Waals surface area contributed by atoms with E-state index in [0.29, 0.717) is 18.0 Å². The highest BCUT2D eigenvalue weighted by molar-refractivity contribution is 7.92. The number of sulfonamides is 1. The number of likely N-dealkylation sites (N-methyl/N-ethyl adjacent to an activating group) is 1. The molecule has 0 aromatic heterocycles. The molecule has 4 rings (SSSR count). The molecule has 45 heavy (non-hydrogen) atoms. The molecule has 1 atom stereocenters. The number of benzene rings is 4. The predicted molar refractivity (Wildman–Crippen MR) is 175 cm³/mol. The van der Waals surface area contributed by atoms with Gasteiger partial charge in [-0.15, -0.1) is 0 Å². The molecule has 0 unspecified atom stereocenters. The number of methoxy groups -OCH3 is 2. The Labute approximate surface area is 265 Å². The van der Waals surface area contributed by atoms with Gasteiger partial charge in [0.15, 0.2) is 11.5 Å². The van der Waals surface area contributed by atoms with Crippen LogP contribution in [0.1, 0.15) is 23.6 Å². The average molecular weight is 630 g/mol. The highest BCUT2D eigenvalue weighted by Crippen LogP contribution is 2.34. The van der Waals surface area contributed by atoms with Crippen molar-refractivity contribution < 1.29 is 27.5 Å². The minimum absolute atomic E-state index is 0.0163. The standard InChI is InChI=1S/C35H39N3O6S/c1-5-36-35(40)31(22-27-15-8-6-9-16-27)37(24-28-17-13-12-14-26(28)2)34(39)25-38(45(41,42)30-18-10-7-11-19-30)29-20-21-32(43-3)33(23-29)44-4/h6-21,23,31H,5,22,24-25H2,1-4H3,(H,36,40)/t31-/m1/s1. The molecule has 0 aliphatic carbocycles. The van der Waals surface area contributed by atoms with E-state index in [4.69, 9.17) is 9.47 Å². The molecule has 0 bridgehead atoms. The zero-order valence-corrected chi connectivity index (χ0v) is 26.8. The van der Waals surface area contributed by atoms with Gasteiger partial charge in [-0.1, -0.05) is 72.8 Å². The zero-order chi connectivity index (χ0) is 32.4. The second-order valence-electron chi connectivity index (χ2n) is 10.4. The summed E-state index contributed by atoms with van der Waals surface area (Å²) in [5, 5.41) is 2.88. The van der Waals surface area contributed by atoms with Crippen LogP contribution in [0.2, 0.25) is 0 Å². The van der Waals surface area contributed by atoms with Crippen molar-refractivity contribution >= 4 is 27.5 Å². The van der Waals surface area contributed by atoms with Crippen molar-refractivity contribution in [3.05, 3.63) is 120 Å². The number of hydrogen-bond acceptors (Lipinski definition) is 6. The molecule has 4 aromatic rings. The second kappa shape index (κ2) is 15.3. The number of amides is 2. The monoisotopic (exact) mass is 629 g/mol. The van der Waals surface area contributed by atoms with Crippen LogP contribution in [-0.2, 0) is 32.6 Å². The molecule has 0 radical (unpaired) electrons. The third kappa shape index (κ3) is 8.02. The molecule has 9 nitrogen and oxygen atoms in total. The van der Waals surface area contributed by atoms with Gasteiger partial charge >= 0.3 is 0 Å². The lowest BCUT2D eigenvalue weighted by Gasteiger charge is -2.34. The van der Waals surface area contributed by atoms with Gasteiger partial charge in [-0.05, 0) is 54.8 Å². The minimum Gasteiger partial charge on any atom is -0.493 e. The number of nitrogens with zero attached hydrogens (tertiary/aromatic N) is 2. The van der Waals surface area contributed by atoms with E-state index in [1.807, 2.05) is 68.4 Å². The van der Waals surface area contributed by atoms with Crippen LogP contribution in [0.15, 0.2) is 108 Å². The maximum Gasteiger partial charge on any atom is 0.264 e. The molecule has 2 amide bonds. The van der Waals surface area contributed by atoms with E-state index >= 15 is 0 Å². The van der Waals surface area contributed by atoms with Gasteiger partial charge in [0.05, 0.1) is 24.8 Å². The Morgan fingerprint density at radius 3 is 2.07 bits per heavy atom. The predicted octanol–water partition coefficient (Wildman–Crippen LogP) is 4.98. The van der Waals surface area contributed by atoms with Crippen molar-refractivity contribution in [3.63, 3.8) is 0 Å². The summed E-state index contributed by atoms with van der Waals surface area (Å²) in [6.07, 6.45) is 0.242. The Balaban J connectivity index is 1.83. The molecule has 0 saturated heterocycles. The summed E-state index contributed by atoms with van der Waals surface area (Å²) in [6.45, 7) is 3.66. The van der Waals surface area contributed by atoms with Crippen LogP contribution in [-0.4, -0.2) is 58.5 Å². The summed E-state index contributed by atoms with van der Waals surface area (Å²) in [5.41, 5.74) is 2.86. The molecule has 236 valence electrons. The van der Waals surface area contributed by atoms with E-state index in [9.17, 15) is 18.0 Å². The molecule has 4 aromatic carbocycles. The van der Waals surface area contributed by atoms with Gasteiger partial charge in [0.25, 0.3) is 10.0 Å². The van der Waals surface area contributed by atoms with Crippen LogP contribution >= 0.6 is 0 Å². The number of aryl methyl sites for hydroxylation is 1. The minimum atomic E-state index is -4.23. The van der Waals surface area contributed by atoms with Crippen molar-refractivity contribution in [1.82, 2.24) is 10.2 Å². The maximum atomic E-state index is 14.5. The molecule has 10 heteroatoms. The lowest BCUT2D eigenvalue weighted by molar-refractivity contribution is -0.140. The number of hydrogen-bond donors (Lipinski definition) is 1. The third-order valence-corrected chi connectivity index (χ3v) is 9.28. The van der Waals surface area contributed by atoms with Gasteiger partial charge < -0.3 is 19.7 Å². The normalized spacial score (nSPS) is 11.7. The molecular formula is C35H39N3O6S. The maximum absolute atomic E-state index is 14.5. The SMILES string of the molecule is CCNC(=O)[C@@H](Cc1ccccc1)N(Cc1ccccc1C)C(=O)CN(c1ccc(OC)c(OC)c1)S(=O)(=O)c1ccccc1. The lowest BCUT2D eigenvalue weighted by atomic mass is 10.0. The number of rotatable bonds is 14. The van der Waals surface area contributed by atoms with Gasteiger partial charge in [-0.25, -0.2) is 8.42 Å². The van der Waals surface area contributed by atoms with Crippen LogP contribution in [0.25, 0.3) is 0 Å². The van der Waals surface area contributed by atoms with Crippen LogP contribution in [0.5, 0.6) is 11.5 Å². The van der Waals surface area contributed by atoms with Crippen LogP contribution < -0.4 is 19.1 Å². The third-order valence-electron chi connectivity index (χ3n) is 7.49. The van der Waals surface area contributed by atoms with Crippen LogP contribution in [0.4, 0.5) is 5.69 Å². The summed E-state index contributed by atoms with van der Waals surface area (Å²) >= 11 is 0. The van der Waals surface area contributed by atoms with Gasteiger partial charge in [-0.3, -0.25) is 13.9 Å². The second-order valence-corrected chi connectivity index (χ2v) is 12.3. The van der Waals surface area contributed by atoms with E-state index in [1.165, 1.54) is 37.3 Å². The van der Waals surface area contributed by atoms with Crippen molar-refractivity contribution in [2.75, 3.05) is 31.6 Å². The number of anilines is 1. The average Bonchev–Trinajstić information content (AvgIpc) is 3.06. The van der Waals surface area contributed by atoms with E-state index in [0.717, 1.165) is 21.0 Å². The molecule has 0 spiro atoms. The summed E-state index contributed by atoms with van der Waals surface area (Å²) in [4.78, 5) is 29.6. The Hall–Kier alpha value is -4.83. The fourth-order valence-electron chi connectivity index (χ4n) is 5.05. The number of ether oxygens (including phenoxy) is 2. The van der Waals surface area contributed by atoms with Crippen molar-refractivity contribution in [3.8, 4) is 11.5 Å². The van der Waals surface area contributed by atoms with Crippen LogP contribution in [0.3, 0.4) is 0 Å². The molecule has 0 heterocycles. The first-order valence-electron chi connectivity index (χ1n) is 14.6. The molecule has 0 aliphatic heterocycles.